The van der Waals surface area contributed by atoms with Crippen LogP contribution in [0, 0.1) is 6.92 Å². The molecule has 2 nitrogen and oxygen atoms in total. The maximum absolute atomic E-state index is 4.18. The summed E-state index contributed by atoms with van der Waals surface area (Å²) in [6.07, 6.45) is 15.2. The molecule has 0 radical (unpaired) electrons. The molecule has 1 heterocycles. The molecule has 14 heavy (non-hydrogen) atoms. The highest BCUT2D eigenvalue weighted by Gasteiger charge is 1.99. The minimum absolute atomic E-state index is 0.810. The van der Waals surface area contributed by atoms with Gasteiger partial charge in [-0.25, -0.2) is 9.97 Å². The molecule has 0 N–H and O–H groups in total. The predicted molar refractivity (Wildman–Crippen MR) is 57.6 cm³/mol. The molecule has 0 aliphatic heterocycles. The highest BCUT2D eigenvalue weighted by Crippen LogP contribution is 2.16. The van der Waals surface area contributed by atoms with Gasteiger partial charge in [-0.3, -0.25) is 0 Å². The van der Waals surface area contributed by atoms with Crippen LogP contribution in [0.15, 0.2) is 42.8 Å². The lowest BCUT2D eigenvalue weighted by molar-refractivity contribution is 1.04. The molecule has 1 aliphatic rings. The van der Waals surface area contributed by atoms with Crippen LogP contribution in [-0.2, 0) is 0 Å². The molecule has 2 rings (SSSR count). The molecule has 1 aromatic rings. The van der Waals surface area contributed by atoms with Gasteiger partial charge in [-0.1, -0.05) is 30.4 Å². The van der Waals surface area contributed by atoms with Crippen LogP contribution in [0.5, 0.6) is 0 Å². The van der Waals surface area contributed by atoms with E-state index in [9.17, 15) is 0 Å². The second-order valence-electron chi connectivity index (χ2n) is 3.20. The van der Waals surface area contributed by atoms with Crippen LogP contribution in [0.1, 0.15) is 17.8 Å². The summed E-state index contributed by atoms with van der Waals surface area (Å²) in [6.45, 7) is 1.89. The molecule has 0 saturated carbocycles. The monoisotopic (exact) mass is 184 g/mol. The van der Waals surface area contributed by atoms with E-state index in [1.165, 1.54) is 5.57 Å². The number of allylic oxidation sites excluding steroid dienone is 6. The number of hydrogen-bond acceptors (Lipinski definition) is 2. The van der Waals surface area contributed by atoms with Crippen molar-refractivity contribution in [2.45, 2.75) is 13.3 Å². The second kappa shape index (κ2) is 4.01. The first-order valence-electron chi connectivity index (χ1n) is 4.68. The summed E-state index contributed by atoms with van der Waals surface area (Å²) < 4.78 is 0. The Morgan fingerprint density at radius 3 is 2.71 bits per heavy atom. The van der Waals surface area contributed by atoms with Gasteiger partial charge in [-0.2, -0.15) is 0 Å². The summed E-state index contributed by atoms with van der Waals surface area (Å²) in [5.41, 5.74) is 2.27. The van der Waals surface area contributed by atoms with Crippen molar-refractivity contribution < 1.29 is 0 Å². The number of aromatic nitrogens is 2. The summed E-state index contributed by atoms with van der Waals surface area (Å²) >= 11 is 0. The average molecular weight is 184 g/mol. The Labute approximate surface area is 83.7 Å². The van der Waals surface area contributed by atoms with Crippen LogP contribution in [0.2, 0.25) is 0 Å². The Hall–Kier alpha value is -1.70. The molecule has 0 fully saturated rings. The van der Waals surface area contributed by atoms with Gasteiger partial charge in [0.25, 0.3) is 0 Å². The molecule has 0 saturated heterocycles. The summed E-state index contributed by atoms with van der Waals surface area (Å²) in [5.74, 6) is 0.810. The molecule has 0 bridgehead atoms. The fourth-order valence-electron chi connectivity index (χ4n) is 1.34. The lowest BCUT2D eigenvalue weighted by Crippen LogP contribution is -1.89. The first-order valence-corrected chi connectivity index (χ1v) is 4.68. The van der Waals surface area contributed by atoms with Crippen LogP contribution in [-0.4, -0.2) is 9.97 Å². The highest BCUT2D eigenvalue weighted by molar-refractivity contribution is 5.73. The van der Waals surface area contributed by atoms with Crippen molar-refractivity contribution in [3.05, 3.63) is 54.2 Å². The highest BCUT2D eigenvalue weighted by atomic mass is 14.8. The van der Waals surface area contributed by atoms with Gasteiger partial charge in [0.2, 0.25) is 0 Å². The summed E-state index contributed by atoms with van der Waals surface area (Å²) in [6, 6.07) is 0. The van der Waals surface area contributed by atoms with Crippen LogP contribution in [0.4, 0.5) is 0 Å². The minimum Gasteiger partial charge on any atom is -0.241 e. The molecule has 70 valence electrons. The van der Waals surface area contributed by atoms with Gasteiger partial charge in [-0.05, 0) is 18.9 Å². The SMILES string of the molecule is Cc1ncc(C2=CCC=CC=C2)cn1. The molecule has 0 aromatic carbocycles. The van der Waals surface area contributed by atoms with E-state index in [1.807, 2.05) is 25.4 Å². The van der Waals surface area contributed by atoms with Crippen LogP contribution < -0.4 is 0 Å². The van der Waals surface area contributed by atoms with E-state index in [0.717, 1.165) is 17.8 Å². The van der Waals surface area contributed by atoms with E-state index in [0.29, 0.717) is 0 Å². The van der Waals surface area contributed by atoms with Crippen molar-refractivity contribution in [2.75, 3.05) is 0 Å². The Morgan fingerprint density at radius 2 is 1.93 bits per heavy atom. The van der Waals surface area contributed by atoms with Crippen molar-refractivity contribution in [1.82, 2.24) is 9.97 Å². The average Bonchev–Trinajstić information content (AvgIpc) is 2.47. The van der Waals surface area contributed by atoms with Gasteiger partial charge in [-0.15, -0.1) is 0 Å². The van der Waals surface area contributed by atoms with Crippen LogP contribution in [0.3, 0.4) is 0 Å². The zero-order chi connectivity index (χ0) is 9.80. The van der Waals surface area contributed by atoms with Crippen molar-refractivity contribution in [2.24, 2.45) is 0 Å². The normalized spacial score (nSPS) is 15.1. The molecule has 0 atom stereocenters. The van der Waals surface area contributed by atoms with Gasteiger partial charge in [0.05, 0.1) is 0 Å². The van der Waals surface area contributed by atoms with Crippen LogP contribution >= 0.6 is 0 Å². The van der Waals surface area contributed by atoms with Gasteiger partial charge >= 0.3 is 0 Å². The third kappa shape index (κ3) is 1.96. The fraction of sp³-hybridized carbons (Fsp3) is 0.167. The molecule has 0 unspecified atom stereocenters. The maximum Gasteiger partial charge on any atom is 0.125 e. The zero-order valence-electron chi connectivity index (χ0n) is 8.14. The quantitative estimate of drug-likeness (QED) is 0.670. The zero-order valence-corrected chi connectivity index (χ0v) is 8.14. The number of hydrogen-bond donors (Lipinski definition) is 0. The Balaban J connectivity index is 2.31. The molecular weight excluding hydrogens is 172 g/mol. The Kier molecular flexibility index (Phi) is 2.54. The molecule has 0 amide bonds. The maximum atomic E-state index is 4.18. The molecule has 1 aliphatic carbocycles. The molecular formula is C12H12N2. The van der Waals surface area contributed by atoms with E-state index in [1.54, 1.807) is 0 Å². The summed E-state index contributed by atoms with van der Waals surface area (Å²) in [5, 5.41) is 0. The van der Waals surface area contributed by atoms with Gasteiger partial charge in [0.1, 0.15) is 5.82 Å². The molecule has 1 aromatic heterocycles. The summed E-state index contributed by atoms with van der Waals surface area (Å²) in [7, 11) is 0. The first kappa shape index (κ1) is 8.88. The number of aryl methyl sites for hydroxylation is 1. The smallest absolute Gasteiger partial charge is 0.125 e. The van der Waals surface area contributed by atoms with Gasteiger partial charge in [0.15, 0.2) is 0 Å². The van der Waals surface area contributed by atoms with Gasteiger partial charge < -0.3 is 0 Å². The number of nitrogens with zero attached hydrogens (tertiary/aromatic N) is 2. The fourth-order valence-corrected chi connectivity index (χ4v) is 1.34. The Morgan fingerprint density at radius 1 is 1.14 bits per heavy atom. The van der Waals surface area contributed by atoms with Crippen molar-refractivity contribution in [3.63, 3.8) is 0 Å². The van der Waals surface area contributed by atoms with E-state index in [-0.39, 0.29) is 0 Å². The second-order valence-corrected chi connectivity index (χ2v) is 3.20. The van der Waals surface area contributed by atoms with Crippen molar-refractivity contribution in [3.8, 4) is 0 Å². The van der Waals surface area contributed by atoms with E-state index < -0.39 is 0 Å². The van der Waals surface area contributed by atoms with Crippen molar-refractivity contribution >= 4 is 5.57 Å². The predicted octanol–water partition coefficient (Wildman–Crippen LogP) is 2.68. The Bertz CT molecular complexity index is 397. The third-order valence-corrected chi connectivity index (χ3v) is 2.11. The number of rotatable bonds is 1. The topological polar surface area (TPSA) is 25.8 Å². The first-order chi connectivity index (χ1) is 6.86. The lowest BCUT2D eigenvalue weighted by Gasteiger charge is -2.00. The van der Waals surface area contributed by atoms with Crippen molar-refractivity contribution in [1.29, 1.82) is 0 Å². The standard InChI is InChI=1S/C12H12N2/c1-10-13-8-12(9-14-10)11-6-4-2-3-5-7-11/h2-4,6-9H,5H2,1H3. The molecule has 0 spiro atoms. The van der Waals surface area contributed by atoms with Gasteiger partial charge in [0, 0.05) is 18.0 Å². The molecule has 2 heteroatoms. The van der Waals surface area contributed by atoms with E-state index in [2.05, 4.69) is 34.3 Å². The van der Waals surface area contributed by atoms with Crippen LogP contribution in [0.25, 0.3) is 5.57 Å². The lowest BCUT2D eigenvalue weighted by atomic mass is 10.1. The summed E-state index contributed by atoms with van der Waals surface area (Å²) in [4.78, 5) is 8.36. The third-order valence-electron chi connectivity index (χ3n) is 2.11. The van der Waals surface area contributed by atoms with E-state index in [4.69, 9.17) is 0 Å². The largest absolute Gasteiger partial charge is 0.241 e. The minimum atomic E-state index is 0.810. The van der Waals surface area contributed by atoms with E-state index >= 15 is 0 Å².